The van der Waals surface area contributed by atoms with Gasteiger partial charge in [0.05, 0.1) is 7.11 Å². The Hall–Kier alpha value is -2.22. The number of methoxy groups -OCH3 is 1. The summed E-state index contributed by atoms with van der Waals surface area (Å²) in [6.07, 6.45) is 2.15. The van der Waals surface area contributed by atoms with Crippen LogP contribution in [0.4, 0.5) is 0 Å². The molecular formula is C17H17NO. The van der Waals surface area contributed by atoms with Crippen molar-refractivity contribution in [1.82, 2.24) is 4.57 Å². The van der Waals surface area contributed by atoms with Gasteiger partial charge in [-0.1, -0.05) is 23.8 Å². The van der Waals surface area contributed by atoms with Gasteiger partial charge in [-0.25, -0.2) is 0 Å². The Bertz CT molecular complexity index is 695. The number of benzene rings is 2. The zero-order chi connectivity index (χ0) is 13.2. The number of nitrogens with zero attached hydrogens (tertiary/aromatic N) is 1. The molecule has 0 amide bonds. The third kappa shape index (κ3) is 2.34. The van der Waals surface area contributed by atoms with Crippen LogP contribution in [0.2, 0.25) is 0 Å². The average molecular weight is 251 g/mol. The van der Waals surface area contributed by atoms with Crippen LogP contribution in [0.5, 0.6) is 5.75 Å². The molecule has 2 nitrogen and oxygen atoms in total. The molecule has 2 heteroatoms. The van der Waals surface area contributed by atoms with Gasteiger partial charge in [0, 0.05) is 18.3 Å². The highest BCUT2D eigenvalue weighted by molar-refractivity contribution is 5.80. The first-order chi connectivity index (χ1) is 9.26. The summed E-state index contributed by atoms with van der Waals surface area (Å²) in [4.78, 5) is 0. The fourth-order valence-corrected chi connectivity index (χ4v) is 2.39. The first-order valence-corrected chi connectivity index (χ1v) is 6.45. The van der Waals surface area contributed by atoms with Crippen LogP contribution in [0.1, 0.15) is 11.1 Å². The van der Waals surface area contributed by atoms with E-state index in [2.05, 4.69) is 54.1 Å². The molecule has 0 radical (unpaired) electrons. The standard InChI is InChI=1S/C17H17NO/c1-13-3-8-17-15(11-13)9-10-18(17)12-14-4-6-16(19-2)7-5-14/h3-11H,12H2,1-2H3. The van der Waals surface area contributed by atoms with E-state index < -0.39 is 0 Å². The maximum Gasteiger partial charge on any atom is 0.118 e. The summed E-state index contributed by atoms with van der Waals surface area (Å²) < 4.78 is 7.46. The monoisotopic (exact) mass is 251 g/mol. The number of rotatable bonds is 3. The van der Waals surface area contributed by atoms with Crippen molar-refractivity contribution >= 4 is 10.9 Å². The van der Waals surface area contributed by atoms with E-state index in [4.69, 9.17) is 4.74 Å². The van der Waals surface area contributed by atoms with Crippen molar-refractivity contribution in [2.45, 2.75) is 13.5 Å². The molecular weight excluding hydrogens is 234 g/mol. The van der Waals surface area contributed by atoms with E-state index in [0.717, 1.165) is 12.3 Å². The van der Waals surface area contributed by atoms with Gasteiger partial charge in [-0.2, -0.15) is 0 Å². The van der Waals surface area contributed by atoms with Gasteiger partial charge in [-0.05, 0) is 48.2 Å². The lowest BCUT2D eigenvalue weighted by Crippen LogP contribution is -1.97. The van der Waals surface area contributed by atoms with Gasteiger partial charge in [0.25, 0.3) is 0 Å². The fourth-order valence-electron chi connectivity index (χ4n) is 2.39. The summed E-state index contributed by atoms with van der Waals surface area (Å²) in [6, 6.07) is 17.0. The van der Waals surface area contributed by atoms with E-state index in [1.807, 2.05) is 12.1 Å². The molecule has 0 saturated heterocycles. The van der Waals surface area contributed by atoms with Crippen LogP contribution in [0.3, 0.4) is 0 Å². The molecule has 1 aromatic heterocycles. The lowest BCUT2D eigenvalue weighted by atomic mass is 10.2. The summed E-state index contributed by atoms with van der Waals surface area (Å²) in [5.41, 5.74) is 3.86. The van der Waals surface area contributed by atoms with Gasteiger partial charge in [0.2, 0.25) is 0 Å². The molecule has 0 spiro atoms. The van der Waals surface area contributed by atoms with E-state index in [9.17, 15) is 0 Å². The summed E-state index contributed by atoms with van der Waals surface area (Å²) in [6.45, 7) is 3.01. The second kappa shape index (κ2) is 4.81. The van der Waals surface area contributed by atoms with Crippen molar-refractivity contribution in [2.75, 3.05) is 7.11 Å². The number of ether oxygens (including phenoxy) is 1. The quantitative estimate of drug-likeness (QED) is 0.686. The Labute approximate surface area is 113 Å². The van der Waals surface area contributed by atoms with Crippen LogP contribution in [-0.2, 0) is 6.54 Å². The highest BCUT2D eigenvalue weighted by Gasteiger charge is 2.02. The number of aromatic nitrogens is 1. The third-order valence-corrected chi connectivity index (χ3v) is 3.44. The number of fused-ring (bicyclic) bond motifs is 1. The van der Waals surface area contributed by atoms with Crippen molar-refractivity contribution in [3.8, 4) is 5.75 Å². The molecule has 3 aromatic rings. The minimum atomic E-state index is 0.885. The minimum absolute atomic E-state index is 0.885. The Morgan fingerprint density at radius 2 is 1.79 bits per heavy atom. The predicted molar refractivity (Wildman–Crippen MR) is 78.8 cm³/mol. The maximum absolute atomic E-state index is 5.18. The Morgan fingerprint density at radius 1 is 1.00 bits per heavy atom. The third-order valence-electron chi connectivity index (χ3n) is 3.44. The van der Waals surface area contributed by atoms with Crippen LogP contribution < -0.4 is 4.74 Å². The summed E-state index contributed by atoms with van der Waals surface area (Å²) in [7, 11) is 1.69. The summed E-state index contributed by atoms with van der Waals surface area (Å²) in [5, 5.41) is 1.30. The van der Waals surface area contributed by atoms with Crippen LogP contribution >= 0.6 is 0 Å². The second-order valence-electron chi connectivity index (χ2n) is 4.85. The van der Waals surface area contributed by atoms with E-state index in [0.29, 0.717) is 0 Å². The molecule has 0 aliphatic rings. The van der Waals surface area contributed by atoms with Crippen LogP contribution in [-0.4, -0.2) is 11.7 Å². The highest BCUT2D eigenvalue weighted by atomic mass is 16.5. The lowest BCUT2D eigenvalue weighted by Gasteiger charge is -2.07. The molecule has 0 aliphatic heterocycles. The topological polar surface area (TPSA) is 14.2 Å². The Kier molecular flexibility index (Phi) is 3.00. The second-order valence-corrected chi connectivity index (χ2v) is 4.85. The van der Waals surface area contributed by atoms with E-state index in [-0.39, 0.29) is 0 Å². The molecule has 0 fully saturated rings. The lowest BCUT2D eigenvalue weighted by molar-refractivity contribution is 0.414. The Balaban J connectivity index is 1.92. The first kappa shape index (κ1) is 11.8. The number of hydrogen-bond donors (Lipinski definition) is 0. The molecule has 96 valence electrons. The molecule has 3 rings (SSSR count). The van der Waals surface area contributed by atoms with Gasteiger partial charge in [-0.3, -0.25) is 0 Å². The molecule has 2 aromatic carbocycles. The molecule has 0 saturated carbocycles. The molecule has 1 heterocycles. The molecule has 0 bridgehead atoms. The van der Waals surface area contributed by atoms with Crippen LogP contribution in [0, 0.1) is 6.92 Å². The predicted octanol–water partition coefficient (Wildman–Crippen LogP) is 4.01. The molecule has 0 N–H and O–H groups in total. The molecule has 0 unspecified atom stereocenters. The highest BCUT2D eigenvalue weighted by Crippen LogP contribution is 2.19. The van der Waals surface area contributed by atoms with Crippen molar-refractivity contribution in [1.29, 1.82) is 0 Å². The molecule has 0 aliphatic carbocycles. The van der Waals surface area contributed by atoms with Crippen molar-refractivity contribution in [3.05, 3.63) is 65.9 Å². The number of hydrogen-bond acceptors (Lipinski definition) is 1. The molecule has 0 atom stereocenters. The zero-order valence-corrected chi connectivity index (χ0v) is 11.3. The van der Waals surface area contributed by atoms with Crippen LogP contribution in [0.15, 0.2) is 54.7 Å². The van der Waals surface area contributed by atoms with Gasteiger partial charge in [0.1, 0.15) is 5.75 Å². The van der Waals surface area contributed by atoms with Gasteiger partial charge in [-0.15, -0.1) is 0 Å². The van der Waals surface area contributed by atoms with Gasteiger partial charge >= 0.3 is 0 Å². The molecule has 19 heavy (non-hydrogen) atoms. The van der Waals surface area contributed by atoms with E-state index in [1.165, 1.54) is 22.0 Å². The fraction of sp³-hybridized carbons (Fsp3) is 0.176. The SMILES string of the molecule is COc1ccc(Cn2ccc3cc(C)ccc32)cc1. The smallest absolute Gasteiger partial charge is 0.118 e. The largest absolute Gasteiger partial charge is 0.497 e. The van der Waals surface area contributed by atoms with Crippen LogP contribution in [0.25, 0.3) is 10.9 Å². The minimum Gasteiger partial charge on any atom is -0.497 e. The summed E-state index contributed by atoms with van der Waals surface area (Å²) >= 11 is 0. The van der Waals surface area contributed by atoms with Gasteiger partial charge < -0.3 is 9.30 Å². The summed E-state index contributed by atoms with van der Waals surface area (Å²) in [5.74, 6) is 0.900. The van der Waals surface area contributed by atoms with Crippen molar-refractivity contribution in [2.24, 2.45) is 0 Å². The first-order valence-electron chi connectivity index (χ1n) is 6.45. The van der Waals surface area contributed by atoms with Crippen molar-refractivity contribution < 1.29 is 4.74 Å². The number of aryl methyl sites for hydroxylation is 1. The van der Waals surface area contributed by atoms with Gasteiger partial charge in [0.15, 0.2) is 0 Å². The zero-order valence-electron chi connectivity index (χ0n) is 11.3. The van der Waals surface area contributed by atoms with Crippen molar-refractivity contribution in [3.63, 3.8) is 0 Å². The van der Waals surface area contributed by atoms with E-state index in [1.54, 1.807) is 7.11 Å². The van der Waals surface area contributed by atoms with E-state index >= 15 is 0 Å². The average Bonchev–Trinajstić information content (AvgIpc) is 2.82. The Morgan fingerprint density at radius 3 is 2.53 bits per heavy atom. The normalized spacial score (nSPS) is 10.8. The maximum atomic E-state index is 5.18.